The van der Waals surface area contributed by atoms with Crippen molar-refractivity contribution in [1.29, 1.82) is 0 Å². The molecular weight excluding hydrogens is 474 g/mol. The van der Waals surface area contributed by atoms with Crippen LogP contribution >= 0.6 is 11.6 Å². The standard InChI is InChI=1S/C25H21ClF2N6O/c26-23-9-10-24(30-29-23)32-11-13-33(14-12-32)25(35)16-34-22(18-3-7-20(28)8-4-18)15-21(31-34)17-1-5-19(27)6-2-17/h1-10,15H,11-14,16H2. The van der Waals surface area contributed by atoms with E-state index in [1.807, 2.05) is 12.1 Å². The van der Waals surface area contributed by atoms with Crippen LogP contribution in [0.25, 0.3) is 22.5 Å². The lowest BCUT2D eigenvalue weighted by atomic mass is 10.1. The molecule has 35 heavy (non-hydrogen) atoms. The van der Waals surface area contributed by atoms with E-state index in [-0.39, 0.29) is 24.1 Å². The number of aromatic nitrogens is 4. The maximum atomic E-state index is 13.5. The molecular formula is C25H21ClF2N6O. The van der Waals surface area contributed by atoms with Gasteiger partial charge in [-0.3, -0.25) is 9.48 Å². The van der Waals surface area contributed by atoms with Gasteiger partial charge in [0.15, 0.2) is 11.0 Å². The Morgan fingerprint density at radius 1 is 0.829 bits per heavy atom. The van der Waals surface area contributed by atoms with Gasteiger partial charge in [0.1, 0.15) is 18.2 Å². The van der Waals surface area contributed by atoms with E-state index in [2.05, 4.69) is 20.2 Å². The molecule has 0 bridgehead atoms. The highest BCUT2D eigenvalue weighted by Crippen LogP contribution is 2.27. The number of hydrogen-bond donors (Lipinski definition) is 0. The van der Waals surface area contributed by atoms with Crippen molar-refractivity contribution in [3.8, 4) is 22.5 Å². The number of anilines is 1. The first-order chi connectivity index (χ1) is 17.0. The second kappa shape index (κ2) is 9.79. The number of piperazine rings is 1. The highest BCUT2D eigenvalue weighted by atomic mass is 35.5. The summed E-state index contributed by atoms with van der Waals surface area (Å²) in [6, 6.07) is 17.3. The van der Waals surface area contributed by atoms with Crippen LogP contribution in [0.3, 0.4) is 0 Å². The van der Waals surface area contributed by atoms with Gasteiger partial charge in [-0.25, -0.2) is 8.78 Å². The molecule has 7 nitrogen and oxygen atoms in total. The normalized spacial score (nSPS) is 13.8. The van der Waals surface area contributed by atoms with Crippen LogP contribution in [0, 0.1) is 11.6 Å². The summed E-state index contributed by atoms with van der Waals surface area (Å²) >= 11 is 5.82. The molecule has 1 saturated heterocycles. The molecule has 5 rings (SSSR count). The summed E-state index contributed by atoms with van der Waals surface area (Å²) in [4.78, 5) is 17.0. The fraction of sp³-hybridized carbons (Fsp3) is 0.200. The highest BCUT2D eigenvalue weighted by molar-refractivity contribution is 6.29. The van der Waals surface area contributed by atoms with Crippen molar-refractivity contribution in [1.82, 2.24) is 24.9 Å². The quantitative estimate of drug-likeness (QED) is 0.414. The first-order valence-electron chi connectivity index (χ1n) is 11.1. The maximum absolute atomic E-state index is 13.5. The molecule has 1 fully saturated rings. The number of benzene rings is 2. The van der Waals surface area contributed by atoms with Gasteiger partial charge in [0.25, 0.3) is 0 Å². The number of nitrogens with zero attached hydrogens (tertiary/aromatic N) is 6. The van der Waals surface area contributed by atoms with Crippen molar-refractivity contribution >= 4 is 23.3 Å². The van der Waals surface area contributed by atoms with Crippen LogP contribution in [-0.2, 0) is 11.3 Å². The van der Waals surface area contributed by atoms with Gasteiger partial charge in [0, 0.05) is 37.3 Å². The van der Waals surface area contributed by atoms with Gasteiger partial charge < -0.3 is 9.80 Å². The molecule has 0 aliphatic carbocycles. The summed E-state index contributed by atoms with van der Waals surface area (Å²) in [7, 11) is 0. The molecule has 0 atom stereocenters. The Balaban J connectivity index is 1.34. The van der Waals surface area contributed by atoms with Crippen molar-refractivity contribution in [2.45, 2.75) is 6.54 Å². The van der Waals surface area contributed by atoms with E-state index in [4.69, 9.17) is 11.6 Å². The van der Waals surface area contributed by atoms with E-state index >= 15 is 0 Å². The summed E-state index contributed by atoms with van der Waals surface area (Å²) in [5, 5.41) is 12.9. The molecule has 10 heteroatoms. The monoisotopic (exact) mass is 494 g/mol. The second-order valence-corrected chi connectivity index (χ2v) is 8.56. The van der Waals surface area contributed by atoms with Gasteiger partial charge in [0.05, 0.1) is 11.4 Å². The number of hydrogen-bond acceptors (Lipinski definition) is 5. The zero-order valence-electron chi connectivity index (χ0n) is 18.6. The van der Waals surface area contributed by atoms with Crippen LogP contribution in [0.1, 0.15) is 0 Å². The third-order valence-electron chi connectivity index (χ3n) is 5.92. The van der Waals surface area contributed by atoms with Crippen molar-refractivity contribution in [3.05, 3.63) is 83.5 Å². The number of halogens is 3. The van der Waals surface area contributed by atoms with Crippen molar-refractivity contribution in [2.24, 2.45) is 0 Å². The van der Waals surface area contributed by atoms with E-state index < -0.39 is 0 Å². The zero-order valence-corrected chi connectivity index (χ0v) is 19.4. The van der Waals surface area contributed by atoms with E-state index in [9.17, 15) is 13.6 Å². The molecule has 4 aromatic rings. The molecule has 0 unspecified atom stereocenters. The molecule has 2 aromatic carbocycles. The Kier molecular flexibility index (Phi) is 6.41. The Labute approximate surface area is 205 Å². The average Bonchev–Trinajstić information content (AvgIpc) is 3.29. The first-order valence-corrected chi connectivity index (χ1v) is 11.5. The third-order valence-corrected chi connectivity index (χ3v) is 6.12. The zero-order chi connectivity index (χ0) is 24.4. The number of carbonyl (C=O) groups excluding carboxylic acids is 1. The smallest absolute Gasteiger partial charge is 0.244 e. The van der Waals surface area contributed by atoms with Gasteiger partial charge in [-0.2, -0.15) is 5.10 Å². The average molecular weight is 495 g/mol. The minimum Gasteiger partial charge on any atom is -0.352 e. The van der Waals surface area contributed by atoms with Gasteiger partial charge in [-0.15, -0.1) is 10.2 Å². The van der Waals surface area contributed by atoms with Crippen LogP contribution in [0.4, 0.5) is 14.6 Å². The molecule has 0 N–H and O–H groups in total. The molecule has 1 aliphatic heterocycles. The third kappa shape index (κ3) is 5.14. The Hall–Kier alpha value is -3.85. The van der Waals surface area contributed by atoms with E-state index in [1.54, 1.807) is 39.9 Å². The summed E-state index contributed by atoms with van der Waals surface area (Å²) in [6.07, 6.45) is 0. The second-order valence-electron chi connectivity index (χ2n) is 8.17. The lowest BCUT2D eigenvalue weighted by molar-refractivity contribution is -0.132. The highest BCUT2D eigenvalue weighted by Gasteiger charge is 2.24. The molecule has 0 radical (unpaired) electrons. The first kappa shape index (κ1) is 22.9. The molecule has 3 heterocycles. The largest absolute Gasteiger partial charge is 0.352 e. The van der Waals surface area contributed by atoms with Gasteiger partial charge in [-0.05, 0) is 66.7 Å². The number of rotatable bonds is 5. The van der Waals surface area contributed by atoms with E-state index in [1.165, 1.54) is 24.3 Å². The Morgan fingerprint density at radius 2 is 1.46 bits per heavy atom. The summed E-state index contributed by atoms with van der Waals surface area (Å²) in [6.45, 7) is 2.32. The van der Waals surface area contributed by atoms with Crippen LogP contribution in [0.2, 0.25) is 5.15 Å². The van der Waals surface area contributed by atoms with E-state index in [0.29, 0.717) is 42.7 Å². The SMILES string of the molecule is O=C(Cn1nc(-c2ccc(F)cc2)cc1-c1ccc(F)cc1)N1CCN(c2ccc(Cl)nn2)CC1. The Morgan fingerprint density at radius 3 is 2.06 bits per heavy atom. The summed E-state index contributed by atoms with van der Waals surface area (Å²) < 4.78 is 28.5. The number of carbonyl (C=O) groups is 1. The molecule has 0 spiro atoms. The fourth-order valence-electron chi connectivity index (χ4n) is 4.04. The lowest BCUT2D eigenvalue weighted by Crippen LogP contribution is -2.50. The molecule has 2 aromatic heterocycles. The lowest BCUT2D eigenvalue weighted by Gasteiger charge is -2.35. The van der Waals surface area contributed by atoms with Gasteiger partial charge >= 0.3 is 0 Å². The van der Waals surface area contributed by atoms with Gasteiger partial charge in [0.2, 0.25) is 5.91 Å². The van der Waals surface area contributed by atoms with Crippen molar-refractivity contribution < 1.29 is 13.6 Å². The fourth-order valence-corrected chi connectivity index (χ4v) is 4.14. The molecule has 178 valence electrons. The molecule has 1 aliphatic rings. The summed E-state index contributed by atoms with van der Waals surface area (Å²) in [5.74, 6) is -0.0520. The van der Waals surface area contributed by atoms with Crippen LogP contribution in [0.15, 0.2) is 66.7 Å². The minimum absolute atomic E-state index is 0.0225. The van der Waals surface area contributed by atoms with Crippen molar-refractivity contribution in [2.75, 3.05) is 31.1 Å². The molecule has 1 amide bonds. The van der Waals surface area contributed by atoms with Crippen molar-refractivity contribution in [3.63, 3.8) is 0 Å². The number of amides is 1. The van der Waals surface area contributed by atoms with Crippen LogP contribution < -0.4 is 4.90 Å². The van der Waals surface area contributed by atoms with Crippen LogP contribution in [0.5, 0.6) is 0 Å². The minimum atomic E-state index is -0.349. The van der Waals surface area contributed by atoms with Gasteiger partial charge in [-0.1, -0.05) is 11.6 Å². The topological polar surface area (TPSA) is 67.2 Å². The maximum Gasteiger partial charge on any atom is 0.244 e. The van der Waals surface area contributed by atoms with E-state index in [0.717, 1.165) is 16.9 Å². The Bertz CT molecular complexity index is 1320. The predicted octanol–water partition coefficient (Wildman–Crippen LogP) is 4.29. The van der Waals surface area contributed by atoms with Crippen LogP contribution in [-0.4, -0.2) is 57.0 Å². The predicted molar refractivity (Wildman–Crippen MR) is 129 cm³/mol. The molecule has 0 saturated carbocycles. The summed E-state index contributed by atoms with van der Waals surface area (Å²) in [5.41, 5.74) is 2.72.